The van der Waals surface area contributed by atoms with Crippen molar-refractivity contribution in [3.63, 3.8) is 0 Å². The summed E-state index contributed by atoms with van der Waals surface area (Å²) in [6.45, 7) is 5.22. The Hall–Kier alpha value is -1.10. The van der Waals surface area contributed by atoms with Gasteiger partial charge in [-0.15, -0.1) is 0 Å². The summed E-state index contributed by atoms with van der Waals surface area (Å²) in [4.78, 5) is 28.6. The van der Waals surface area contributed by atoms with Crippen LogP contribution in [0.5, 0.6) is 0 Å². The minimum atomic E-state index is -0.0973. The van der Waals surface area contributed by atoms with E-state index in [-0.39, 0.29) is 18.1 Å². The lowest BCUT2D eigenvalue weighted by molar-refractivity contribution is -0.144. The number of ether oxygens (including phenoxy) is 1. The van der Waals surface area contributed by atoms with Crippen molar-refractivity contribution in [2.45, 2.75) is 64.0 Å². The summed E-state index contributed by atoms with van der Waals surface area (Å²) < 4.78 is 5.27. The van der Waals surface area contributed by atoms with E-state index in [0.717, 1.165) is 45.4 Å². The van der Waals surface area contributed by atoms with Crippen LogP contribution in [-0.2, 0) is 14.3 Å². The molecule has 5 heteroatoms. The topological polar surface area (TPSA) is 49.9 Å². The zero-order chi connectivity index (χ0) is 15.5. The summed E-state index contributed by atoms with van der Waals surface area (Å²) in [6.07, 6.45) is 7.50. The molecule has 0 radical (unpaired) electrons. The van der Waals surface area contributed by atoms with E-state index in [2.05, 4.69) is 4.90 Å². The van der Waals surface area contributed by atoms with Crippen molar-refractivity contribution in [2.24, 2.45) is 5.92 Å². The molecule has 0 aromatic carbocycles. The largest absolute Gasteiger partial charge is 0.461 e. The fourth-order valence-electron chi connectivity index (χ4n) is 4.12. The summed E-state index contributed by atoms with van der Waals surface area (Å²) in [6, 6.07) is -0.0973. The number of rotatable bonds is 3. The lowest BCUT2D eigenvalue weighted by atomic mass is 10.0. The van der Waals surface area contributed by atoms with Crippen LogP contribution in [0.25, 0.3) is 0 Å². The molecule has 0 aromatic rings. The molecule has 2 aliphatic heterocycles. The van der Waals surface area contributed by atoms with Crippen molar-refractivity contribution in [1.29, 1.82) is 0 Å². The molecule has 5 nitrogen and oxygen atoms in total. The van der Waals surface area contributed by atoms with Crippen LogP contribution < -0.4 is 0 Å². The van der Waals surface area contributed by atoms with Gasteiger partial charge < -0.3 is 9.64 Å². The van der Waals surface area contributed by atoms with Crippen LogP contribution >= 0.6 is 0 Å². The van der Waals surface area contributed by atoms with Crippen molar-refractivity contribution in [3.05, 3.63) is 0 Å². The van der Waals surface area contributed by atoms with Crippen LogP contribution in [0.3, 0.4) is 0 Å². The van der Waals surface area contributed by atoms with Crippen molar-refractivity contribution >= 4 is 11.9 Å². The lowest BCUT2D eigenvalue weighted by Crippen LogP contribution is -2.41. The van der Waals surface area contributed by atoms with Gasteiger partial charge in [0, 0.05) is 39.0 Å². The Balaban J connectivity index is 1.51. The lowest BCUT2D eigenvalue weighted by Gasteiger charge is -2.25. The van der Waals surface area contributed by atoms with E-state index in [1.165, 1.54) is 25.7 Å². The van der Waals surface area contributed by atoms with Crippen molar-refractivity contribution in [1.82, 2.24) is 9.80 Å². The summed E-state index contributed by atoms with van der Waals surface area (Å²) in [5.74, 6) is 0.840. The van der Waals surface area contributed by atoms with Gasteiger partial charge in [0.15, 0.2) is 0 Å². The Morgan fingerprint density at radius 1 is 1.14 bits per heavy atom. The van der Waals surface area contributed by atoms with Gasteiger partial charge in [0.25, 0.3) is 0 Å². The molecular weight excluding hydrogens is 280 g/mol. The standard InChI is InChI=1S/C17H28N2O3/c1-13-11-15(17(21)22-13)18-7-4-8-19(10-9-18)16(20)12-14-5-2-3-6-14/h13-15H,2-12H2,1H3. The smallest absolute Gasteiger partial charge is 0.323 e. The molecule has 0 bridgehead atoms. The highest BCUT2D eigenvalue weighted by atomic mass is 16.6. The predicted octanol–water partition coefficient (Wildman–Crippen LogP) is 1.80. The first-order chi connectivity index (χ1) is 10.6. The third kappa shape index (κ3) is 3.62. The molecule has 1 amide bonds. The number of carbonyl (C=O) groups is 2. The van der Waals surface area contributed by atoms with Crippen LogP contribution in [0.15, 0.2) is 0 Å². The molecule has 1 saturated carbocycles. The third-order valence-electron chi connectivity index (χ3n) is 5.41. The van der Waals surface area contributed by atoms with Crippen LogP contribution in [0.4, 0.5) is 0 Å². The molecule has 22 heavy (non-hydrogen) atoms. The molecular formula is C17H28N2O3. The van der Waals surface area contributed by atoms with Crippen LogP contribution in [0, 0.1) is 5.92 Å². The number of nitrogens with zero attached hydrogens (tertiary/aromatic N) is 2. The van der Waals surface area contributed by atoms with Gasteiger partial charge in [-0.05, 0) is 32.1 Å². The van der Waals surface area contributed by atoms with Gasteiger partial charge in [-0.2, -0.15) is 0 Å². The molecule has 2 saturated heterocycles. The predicted molar refractivity (Wildman–Crippen MR) is 83.3 cm³/mol. The zero-order valence-corrected chi connectivity index (χ0v) is 13.6. The van der Waals surface area contributed by atoms with Gasteiger partial charge >= 0.3 is 5.97 Å². The summed E-state index contributed by atoms with van der Waals surface area (Å²) in [5.41, 5.74) is 0. The maximum Gasteiger partial charge on any atom is 0.323 e. The molecule has 0 spiro atoms. The van der Waals surface area contributed by atoms with Gasteiger partial charge in [0.1, 0.15) is 12.1 Å². The molecule has 3 rings (SSSR count). The molecule has 3 aliphatic rings. The van der Waals surface area contributed by atoms with Gasteiger partial charge in [0.2, 0.25) is 5.91 Å². The Morgan fingerprint density at radius 3 is 2.59 bits per heavy atom. The molecule has 0 aromatic heterocycles. The molecule has 2 unspecified atom stereocenters. The van der Waals surface area contributed by atoms with Crippen molar-refractivity contribution < 1.29 is 14.3 Å². The molecule has 2 atom stereocenters. The molecule has 3 fully saturated rings. The maximum atomic E-state index is 12.5. The highest BCUT2D eigenvalue weighted by Gasteiger charge is 2.37. The number of cyclic esters (lactones) is 1. The second-order valence-corrected chi connectivity index (χ2v) is 7.12. The summed E-state index contributed by atoms with van der Waals surface area (Å²) in [5, 5.41) is 0. The van der Waals surface area contributed by atoms with E-state index in [1.807, 2.05) is 11.8 Å². The normalized spacial score (nSPS) is 31.3. The maximum absolute atomic E-state index is 12.5. The van der Waals surface area contributed by atoms with Gasteiger partial charge in [-0.3, -0.25) is 14.5 Å². The quantitative estimate of drug-likeness (QED) is 0.746. The number of carbonyl (C=O) groups excluding carboxylic acids is 2. The fraction of sp³-hybridized carbons (Fsp3) is 0.882. The SMILES string of the molecule is CC1CC(N2CCCN(C(=O)CC3CCCC3)CC2)C(=O)O1. The van der Waals surface area contributed by atoms with E-state index in [1.54, 1.807) is 0 Å². The van der Waals surface area contributed by atoms with E-state index < -0.39 is 0 Å². The van der Waals surface area contributed by atoms with E-state index in [9.17, 15) is 9.59 Å². The van der Waals surface area contributed by atoms with Gasteiger partial charge in [-0.25, -0.2) is 0 Å². The zero-order valence-electron chi connectivity index (χ0n) is 13.6. The Kier molecular flexibility index (Phi) is 5.01. The minimum Gasteiger partial charge on any atom is -0.461 e. The highest BCUT2D eigenvalue weighted by Crippen LogP contribution is 2.28. The summed E-state index contributed by atoms with van der Waals surface area (Å²) in [7, 11) is 0. The number of amides is 1. The number of esters is 1. The monoisotopic (exact) mass is 308 g/mol. The highest BCUT2D eigenvalue weighted by molar-refractivity contribution is 5.78. The van der Waals surface area contributed by atoms with Crippen LogP contribution in [-0.4, -0.2) is 60.0 Å². The molecule has 124 valence electrons. The van der Waals surface area contributed by atoms with Gasteiger partial charge in [0.05, 0.1) is 0 Å². The first kappa shape index (κ1) is 15.8. The summed E-state index contributed by atoms with van der Waals surface area (Å²) >= 11 is 0. The third-order valence-corrected chi connectivity index (χ3v) is 5.41. The second-order valence-electron chi connectivity index (χ2n) is 7.12. The average molecular weight is 308 g/mol. The minimum absolute atomic E-state index is 0.0286. The second kappa shape index (κ2) is 6.99. The van der Waals surface area contributed by atoms with Crippen molar-refractivity contribution in [2.75, 3.05) is 26.2 Å². The number of hydrogen-bond acceptors (Lipinski definition) is 4. The van der Waals surface area contributed by atoms with Crippen LogP contribution in [0.1, 0.15) is 51.9 Å². The van der Waals surface area contributed by atoms with E-state index >= 15 is 0 Å². The Labute approximate surface area is 133 Å². The van der Waals surface area contributed by atoms with E-state index in [4.69, 9.17) is 4.74 Å². The average Bonchev–Trinajstić information content (AvgIpc) is 3.02. The fourth-order valence-corrected chi connectivity index (χ4v) is 4.12. The van der Waals surface area contributed by atoms with Crippen LogP contribution in [0.2, 0.25) is 0 Å². The van der Waals surface area contributed by atoms with Crippen molar-refractivity contribution in [3.8, 4) is 0 Å². The Bertz CT molecular complexity index is 420. The number of hydrogen-bond donors (Lipinski definition) is 0. The van der Waals surface area contributed by atoms with E-state index in [0.29, 0.717) is 11.8 Å². The molecule has 1 aliphatic carbocycles. The molecule has 2 heterocycles. The first-order valence-electron chi connectivity index (χ1n) is 8.86. The Morgan fingerprint density at radius 2 is 1.91 bits per heavy atom. The molecule has 0 N–H and O–H groups in total. The van der Waals surface area contributed by atoms with Gasteiger partial charge in [-0.1, -0.05) is 12.8 Å². The first-order valence-corrected chi connectivity index (χ1v) is 8.86.